The molecule has 0 bridgehead atoms. The molecule has 0 rings (SSSR count). The fraction of sp³-hybridized carbons (Fsp3) is 0.789. The number of carbonyl (C=O) groups excluding carboxylic acids is 4. The van der Waals surface area contributed by atoms with Crippen LogP contribution < -0.4 is 10.6 Å². The quantitative estimate of drug-likeness (QED) is 0.163. The Kier molecular flexibility index (Phi) is 11.8. The van der Waals surface area contributed by atoms with Crippen molar-refractivity contribution in [3.8, 4) is 0 Å². The Labute approximate surface area is 232 Å². The van der Waals surface area contributed by atoms with Gasteiger partial charge in [0.25, 0.3) is 5.72 Å². The van der Waals surface area contributed by atoms with Crippen LogP contribution in [-0.2, 0) is 33.3 Å². The summed E-state index contributed by atoms with van der Waals surface area (Å²) in [4.78, 5) is 51.9. The van der Waals surface area contributed by atoms with E-state index < -0.39 is 53.6 Å². The van der Waals surface area contributed by atoms with Crippen LogP contribution in [0.3, 0.4) is 0 Å². The number of esters is 2. The normalized spacial score (nSPS) is 15.9. The average Bonchev–Trinajstić information content (AvgIpc) is 2.65. The van der Waals surface area contributed by atoms with Gasteiger partial charge in [-0.3, -0.25) is 5.32 Å². The van der Waals surface area contributed by atoms with Crippen molar-refractivity contribution in [1.29, 1.82) is 0 Å². The molecule has 15 heteroatoms. The third kappa shape index (κ3) is 7.43. The monoisotopic (exact) mass is 746 g/mol. The number of ether oxygens (including phenoxy) is 5. The molecule has 2 unspecified atom stereocenters. The van der Waals surface area contributed by atoms with Gasteiger partial charge < -0.3 is 29.0 Å². The molecular weight excluding hydrogens is 720 g/mol. The minimum atomic E-state index is -2.53. The lowest BCUT2D eigenvalue weighted by Gasteiger charge is -2.50. The summed E-state index contributed by atoms with van der Waals surface area (Å²) in [6.45, 7) is 9.64. The number of alkyl carbamates (subject to hydrolysis) is 2. The Bertz CT molecular complexity index is 781. The fourth-order valence-electron chi connectivity index (χ4n) is 2.55. The Balaban J connectivity index is 7.09. The Morgan fingerprint density at radius 1 is 0.706 bits per heavy atom. The number of alkyl halides is 4. The van der Waals surface area contributed by atoms with E-state index in [9.17, 15) is 19.2 Å². The van der Waals surface area contributed by atoms with Crippen molar-refractivity contribution in [1.82, 2.24) is 10.6 Å². The molecule has 0 aliphatic carbocycles. The lowest BCUT2D eigenvalue weighted by atomic mass is 9.89. The first-order valence-electron chi connectivity index (χ1n) is 9.57. The molecular formula is C19H30Br4N2O9. The Hall–Kier alpha value is -0.640. The third-order valence-corrected chi connectivity index (χ3v) is 7.67. The summed E-state index contributed by atoms with van der Waals surface area (Å²) in [5.41, 5.74) is -6.73. The SMILES string of the molecule is COC(=O)C(NC(=O)OC(C)(C)C)(OC)C(Br)(Br)C(NC(=O)OC(C)(C)C)(C(=O)OC)C(Br)Br. The number of amides is 2. The average molecular weight is 750 g/mol. The van der Waals surface area contributed by atoms with Crippen LogP contribution in [0.4, 0.5) is 9.59 Å². The van der Waals surface area contributed by atoms with Gasteiger partial charge in [0.05, 0.1) is 14.2 Å². The molecule has 0 saturated carbocycles. The number of rotatable bonds is 8. The number of nitrogens with one attached hydrogen (secondary N) is 2. The minimum absolute atomic E-state index is 0.948. The van der Waals surface area contributed by atoms with E-state index in [0.29, 0.717) is 0 Å². The molecule has 11 nitrogen and oxygen atoms in total. The van der Waals surface area contributed by atoms with Crippen LogP contribution in [0, 0.1) is 0 Å². The molecule has 0 radical (unpaired) electrons. The zero-order valence-electron chi connectivity index (χ0n) is 20.3. The second-order valence-electron chi connectivity index (χ2n) is 8.81. The number of hydrogen-bond donors (Lipinski definition) is 2. The highest BCUT2D eigenvalue weighted by Crippen LogP contribution is 2.52. The van der Waals surface area contributed by atoms with E-state index in [0.717, 1.165) is 21.3 Å². The Morgan fingerprint density at radius 2 is 1.09 bits per heavy atom. The van der Waals surface area contributed by atoms with E-state index >= 15 is 0 Å². The molecule has 2 atom stereocenters. The predicted octanol–water partition coefficient (Wildman–Crippen LogP) is 4.07. The van der Waals surface area contributed by atoms with Crippen LogP contribution in [0.1, 0.15) is 41.5 Å². The first kappa shape index (κ1) is 33.4. The third-order valence-electron chi connectivity index (χ3n) is 3.93. The van der Waals surface area contributed by atoms with Crippen molar-refractivity contribution < 1.29 is 42.9 Å². The first-order chi connectivity index (χ1) is 15.2. The zero-order chi connectivity index (χ0) is 27.3. The molecule has 198 valence electrons. The predicted molar refractivity (Wildman–Crippen MR) is 137 cm³/mol. The van der Waals surface area contributed by atoms with Crippen molar-refractivity contribution in [3.63, 3.8) is 0 Å². The largest absolute Gasteiger partial charge is 0.467 e. The van der Waals surface area contributed by atoms with E-state index in [2.05, 4.69) is 74.4 Å². The standard InChI is InChI=1S/C19H30Br4N2O9/c1-15(2,3)33-13(28)24-17(10(20)21,11(26)30-7)19(22,23)18(32-9,12(27)31-8)25-14(29)34-16(4,5)6/h10H,1-9H3,(H,24,28)(H,25,29). The molecule has 0 aromatic heterocycles. The molecule has 2 N–H and O–H groups in total. The smallest absolute Gasteiger partial charge is 0.410 e. The van der Waals surface area contributed by atoms with Crippen molar-refractivity contribution >= 4 is 87.8 Å². The van der Waals surface area contributed by atoms with E-state index in [4.69, 9.17) is 23.7 Å². The van der Waals surface area contributed by atoms with Gasteiger partial charge in [0.15, 0.2) is 8.77 Å². The zero-order valence-corrected chi connectivity index (χ0v) is 26.6. The van der Waals surface area contributed by atoms with Crippen LogP contribution >= 0.6 is 63.7 Å². The molecule has 34 heavy (non-hydrogen) atoms. The summed E-state index contributed by atoms with van der Waals surface area (Å²) in [6, 6.07) is 0. The number of halogens is 4. The summed E-state index contributed by atoms with van der Waals surface area (Å²) in [5, 5.41) is 4.71. The number of carbonyl (C=O) groups is 4. The van der Waals surface area contributed by atoms with Crippen molar-refractivity contribution in [2.45, 2.75) is 71.0 Å². The number of methoxy groups -OCH3 is 3. The van der Waals surface area contributed by atoms with E-state index in [1.165, 1.54) is 0 Å². The maximum atomic E-state index is 13.2. The molecule has 0 spiro atoms. The van der Waals surface area contributed by atoms with Gasteiger partial charge in [-0.15, -0.1) is 0 Å². The van der Waals surface area contributed by atoms with Gasteiger partial charge in [-0.1, -0.05) is 63.7 Å². The van der Waals surface area contributed by atoms with Crippen molar-refractivity contribution in [2.75, 3.05) is 21.3 Å². The van der Waals surface area contributed by atoms with Gasteiger partial charge in [-0.2, -0.15) is 0 Å². The summed E-state index contributed by atoms with van der Waals surface area (Å²) in [6.07, 6.45) is -2.16. The van der Waals surface area contributed by atoms with Gasteiger partial charge in [0.2, 0.25) is 0 Å². The van der Waals surface area contributed by atoms with Crippen LogP contribution in [0.15, 0.2) is 0 Å². The van der Waals surface area contributed by atoms with E-state index in [1.807, 2.05) is 0 Å². The molecule has 0 aliphatic heterocycles. The molecule has 0 heterocycles. The van der Waals surface area contributed by atoms with E-state index in [-0.39, 0.29) is 0 Å². The Morgan fingerprint density at radius 3 is 1.38 bits per heavy atom. The highest BCUT2D eigenvalue weighted by atomic mass is 79.9. The first-order valence-corrected chi connectivity index (χ1v) is 13.0. The van der Waals surface area contributed by atoms with Crippen molar-refractivity contribution in [2.24, 2.45) is 0 Å². The highest BCUT2D eigenvalue weighted by molar-refractivity contribution is 9.26. The summed E-state index contributed by atoms with van der Waals surface area (Å²) in [5.74, 6) is -2.25. The summed E-state index contributed by atoms with van der Waals surface area (Å²) >= 11 is 13.0. The van der Waals surface area contributed by atoms with Gasteiger partial charge in [-0.05, 0) is 41.5 Å². The van der Waals surface area contributed by atoms with Crippen LogP contribution in [-0.4, -0.2) is 74.9 Å². The van der Waals surface area contributed by atoms with Crippen LogP contribution in [0.5, 0.6) is 0 Å². The maximum Gasteiger partial charge on any atom is 0.410 e. The summed E-state index contributed by atoms with van der Waals surface area (Å²) < 4.78 is 22.5. The molecule has 0 saturated heterocycles. The van der Waals surface area contributed by atoms with Crippen molar-refractivity contribution in [3.05, 3.63) is 0 Å². The lowest BCUT2D eigenvalue weighted by molar-refractivity contribution is -0.176. The molecule has 0 fully saturated rings. The van der Waals surface area contributed by atoms with Gasteiger partial charge >= 0.3 is 24.1 Å². The maximum absolute atomic E-state index is 13.2. The van der Waals surface area contributed by atoms with Gasteiger partial charge in [0.1, 0.15) is 14.9 Å². The molecule has 0 aromatic carbocycles. The highest BCUT2D eigenvalue weighted by Gasteiger charge is 2.74. The topological polar surface area (TPSA) is 138 Å². The van der Waals surface area contributed by atoms with Crippen LogP contribution in [0.25, 0.3) is 0 Å². The van der Waals surface area contributed by atoms with E-state index in [1.54, 1.807) is 41.5 Å². The minimum Gasteiger partial charge on any atom is -0.467 e. The second-order valence-corrected chi connectivity index (χ2v) is 15.3. The fourth-order valence-corrected chi connectivity index (χ4v) is 6.90. The summed E-state index contributed by atoms with van der Waals surface area (Å²) in [7, 11) is 3.16. The number of hydrogen-bond acceptors (Lipinski definition) is 9. The van der Waals surface area contributed by atoms with Crippen LogP contribution in [0.2, 0.25) is 0 Å². The molecule has 0 aliphatic rings. The van der Waals surface area contributed by atoms with Gasteiger partial charge in [-0.25, -0.2) is 19.2 Å². The molecule has 2 amide bonds. The lowest BCUT2D eigenvalue weighted by Crippen LogP contribution is -2.80. The second kappa shape index (κ2) is 12.1. The molecule has 0 aromatic rings. The van der Waals surface area contributed by atoms with Gasteiger partial charge in [0, 0.05) is 7.11 Å².